The zero-order valence-electron chi connectivity index (χ0n) is 10.8. The highest BCUT2D eigenvalue weighted by molar-refractivity contribution is 9.10. The van der Waals surface area contributed by atoms with E-state index in [2.05, 4.69) is 50.1 Å². The molecule has 1 saturated carbocycles. The summed E-state index contributed by atoms with van der Waals surface area (Å²) < 4.78 is 6.33. The fraction of sp³-hybridized carbons (Fsp3) is 0.600. The summed E-state index contributed by atoms with van der Waals surface area (Å²) in [6, 6.07) is 6.44. The Morgan fingerprint density at radius 2 is 2.06 bits per heavy atom. The third-order valence-corrected chi connectivity index (χ3v) is 5.43. The van der Waals surface area contributed by atoms with Gasteiger partial charge < -0.3 is 4.74 Å². The van der Waals surface area contributed by atoms with Gasteiger partial charge in [0, 0.05) is 5.33 Å². The summed E-state index contributed by atoms with van der Waals surface area (Å²) in [5.74, 6) is 2.59. The molecular weight excluding hydrogens is 356 g/mol. The topological polar surface area (TPSA) is 9.23 Å². The van der Waals surface area contributed by atoms with Gasteiger partial charge in [0.05, 0.1) is 11.6 Å². The lowest BCUT2D eigenvalue weighted by Gasteiger charge is -2.21. The first-order chi connectivity index (χ1) is 8.74. The van der Waals surface area contributed by atoms with E-state index in [1.165, 1.54) is 37.7 Å². The van der Waals surface area contributed by atoms with Crippen molar-refractivity contribution in [1.82, 2.24) is 0 Å². The second-order valence-electron chi connectivity index (χ2n) is 5.13. The number of benzene rings is 1. The van der Waals surface area contributed by atoms with Gasteiger partial charge >= 0.3 is 0 Å². The van der Waals surface area contributed by atoms with Crippen LogP contribution in [0.3, 0.4) is 0 Å². The molecule has 0 amide bonds. The minimum Gasteiger partial charge on any atom is -0.496 e. The van der Waals surface area contributed by atoms with Crippen LogP contribution >= 0.6 is 31.9 Å². The molecule has 1 nitrogen and oxygen atoms in total. The van der Waals surface area contributed by atoms with Gasteiger partial charge in [0.25, 0.3) is 0 Å². The van der Waals surface area contributed by atoms with Crippen molar-refractivity contribution in [1.29, 1.82) is 0 Å². The van der Waals surface area contributed by atoms with Crippen LogP contribution in [0.2, 0.25) is 0 Å². The van der Waals surface area contributed by atoms with Gasteiger partial charge in [-0.2, -0.15) is 0 Å². The minimum absolute atomic E-state index is 0.771. The minimum atomic E-state index is 0.771. The smallest absolute Gasteiger partial charge is 0.133 e. The molecule has 0 radical (unpaired) electrons. The largest absolute Gasteiger partial charge is 0.496 e. The Bertz CT molecular complexity index is 386. The van der Waals surface area contributed by atoms with Crippen LogP contribution in [0.1, 0.15) is 31.2 Å². The number of rotatable bonds is 5. The predicted molar refractivity (Wildman–Crippen MR) is 83.6 cm³/mol. The van der Waals surface area contributed by atoms with E-state index in [1.54, 1.807) is 7.11 Å². The highest BCUT2D eigenvalue weighted by Crippen LogP contribution is 2.35. The second kappa shape index (κ2) is 6.95. The predicted octanol–water partition coefficient (Wildman–Crippen LogP) is 5.20. The van der Waals surface area contributed by atoms with Crippen LogP contribution in [0.5, 0.6) is 5.75 Å². The highest BCUT2D eigenvalue weighted by atomic mass is 79.9. The van der Waals surface area contributed by atoms with Gasteiger partial charge in [0.1, 0.15) is 5.75 Å². The summed E-state index contributed by atoms with van der Waals surface area (Å²) in [5.41, 5.74) is 1.40. The molecule has 18 heavy (non-hydrogen) atoms. The first-order valence-electron chi connectivity index (χ1n) is 6.63. The van der Waals surface area contributed by atoms with Crippen molar-refractivity contribution in [2.45, 2.75) is 32.1 Å². The van der Waals surface area contributed by atoms with E-state index >= 15 is 0 Å². The zero-order valence-corrected chi connectivity index (χ0v) is 14.0. The van der Waals surface area contributed by atoms with Gasteiger partial charge in [-0.1, -0.05) is 47.7 Å². The zero-order chi connectivity index (χ0) is 13.0. The van der Waals surface area contributed by atoms with Gasteiger partial charge in [-0.3, -0.25) is 0 Å². The Balaban J connectivity index is 2.04. The van der Waals surface area contributed by atoms with Crippen LogP contribution in [0.15, 0.2) is 22.7 Å². The second-order valence-corrected chi connectivity index (χ2v) is 6.63. The van der Waals surface area contributed by atoms with E-state index in [9.17, 15) is 0 Å². The monoisotopic (exact) mass is 374 g/mol. The van der Waals surface area contributed by atoms with Crippen molar-refractivity contribution in [3.05, 3.63) is 28.2 Å². The quantitative estimate of drug-likeness (QED) is 0.642. The van der Waals surface area contributed by atoms with Gasteiger partial charge in [-0.05, 0) is 51.9 Å². The molecule has 2 rings (SSSR count). The molecule has 0 aliphatic heterocycles. The van der Waals surface area contributed by atoms with E-state index < -0.39 is 0 Å². The number of ether oxygens (including phenoxy) is 1. The van der Waals surface area contributed by atoms with Crippen molar-refractivity contribution >= 4 is 31.9 Å². The molecule has 1 aliphatic rings. The SMILES string of the molecule is COc1ccc(CC(CBr)C2CCCC2)cc1Br. The van der Waals surface area contributed by atoms with Gasteiger partial charge in [0.2, 0.25) is 0 Å². The van der Waals surface area contributed by atoms with Crippen molar-refractivity contribution < 1.29 is 4.74 Å². The molecule has 3 heteroatoms. The maximum absolute atomic E-state index is 5.27. The van der Waals surface area contributed by atoms with Crippen LogP contribution in [0.4, 0.5) is 0 Å². The molecule has 1 unspecified atom stereocenters. The van der Waals surface area contributed by atoms with Crippen LogP contribution in [0, 0.1) is 11.8 Å². The first-order valence-corrected chi connectivity index (χ1v) is 8.54. The lowest BCUT2D eigenvalue weighted by atomic mass is 9.87. The first kappa shape index (κ1) is 14.4. The van der Waals surface area contributed by atoms with E-state index in [1.807, 2.05) is 0 Å². The summed E-state index contributed by atoms with van der Waals surface area (Å²) >= 11 is 7.26. The lowest BCUT2D eigenvalue weighted by molar-refractivity contribution is 0.372. The maximum atomic E-state index is 5.27. The summed E-state index contributed by atoms with van der Waals surface area (Å²) in [4.78, 5) is 0. The third-order valence-electron chi connectivity index (χ3n) is 3.98. The van der Waals surface area contributed by atoms with Crippen molar-refractivity contribution in [3.8, 4) is 5.75 Å². The summed E-state index contributed by atoms with van der Waals surface area (Å²) in [6.07, 6.45) is 6.82. The molecule has 0 saturated heterocycles. The van der Waals surface area contributed by atoms with E-state index in [0.29, 0.717) is 0 Å². The molecule has 0 bridgehead atoms. The Labute approximate surface area is 127 Å². The van der Waals surface area contributed by atoms with Crippen LogP contribution < -0.4 is 4.74 Å². The van der Waals surface area contributed by atoms with Crippen molar-refractivity contribution in [3.63, 3.8) is 0 Å². The molecule has 100 valence electrons. The molecule has 1 aliphatic carbocycles. The number of methoxy groups -OCH3 is 1. The fourth-order valence-electron chi connectivity index (χ4n) is 2.92. The van der Waals surface area contributed by atoms with Crippen molar-refractivity contribution in [2.75, 3.05) is 12.4 Å². The third kappa shape index (κ3) is 3.51. The Morgan fingerprint density at radius 1 is 1.33 bits per heavy atom. The van der Waals surface area contributed by atoms with Gasteiger partial charge in [-0.25, -0.2) is 0 Å². The molecule has 0 heterocycles. The number of hydrogen-bond donors (Lipinski definition) is 0. The molecule has 1 fully saturated rings. The molecule has 1 aromatic carbocycles. The van der Waals surface area contributed by atoms with Gasteiger partial charge in [0.15, 0.2) is 0 Å². The Morgan fingerprint density at radius 3 is 2.61 bits per heavy atom. The summed E-state index contributed by atoms with van der Waals surface area (Å²) in [6.45, 7) is 0. The Kier molecular flexibility index (Phi) is 5.56. The lowest BCUT2D eigenvalue weighted by Crippen LogP contribution is -2.16. The van der Waals surface area contributed by atoms with E-state index in [4.69, 9.17) is 4.74 Å². The van der Waals surface area contributed by atoms with E-state index in [0.717, 1.165) is 27.4 Å². The standard InChI is InChI=1S/C15H20Br2O/c1-18-15-7-6-11(9-14(15)17)8-13(10-16)12-4-2-3-5-12/h6-7,9,12-13H,2-5,8,10H2,1H3. The van der Waals surface area contributed by atoms with Crippen LogP contribution in [0.25, 0.3) is 0 Å². The molecule has 0 N–H and O–H groups in total. The van der Waals surface area contributed by atoms with Crippen LogP contribution in [-0.2, 0) is 6.42 Å². The molecular formula is C15H20Br2O. The number of halogens is 2. The fourth-order valence-corrected chi connectivity index (χ4v) is 4.26. The highest BCUT2D eigenvalue weighted by Gasteiger charge is 2.24. The number of alkyl halides is 1. The average molecular weight is 376 g/mol. The Hall–Kier alpha value is -0.0200. The van der Waals surface area contributed by atoms with Crippen LogP contribution in [-0.4, -0.2) is 12.4 Å². The van der Waals surface area contributed by atoms with Gasteiger partial charge in [-0.15, -0.1) is 0 Å². The normalized spacial score (nSPS) is 17.9. The summed E-state index contributed by atoms with van der Waals surface area (Å²) in [7, 11) is 1.71. The molecule has 1 aromatic rings. The molecule has 0 aromatic heterocycles. The van der Waals surface area contributed by atoms with E-state index in [-0.39, 0.29) is 0 Å². The molecule has 1 atom stereocenters. The number of hydrogen-bond acceptors (Lipinski definition) is 1. The summed E-state index contributed by atoms with van der Waals surface area (Å²) in [5, 5.41) is 1.11. The maximum Gasteiger partial charge on any atom is 0.133 e. The molecule has 0 spiro atoms. The average Bonchev–Trinajstić information content (AvgIpc) is 2.90. The van der Waals surface area contributed by atoms with Crippen molar-refractivity contribution in [2.24, 2.45) is 11.8 Å².